The number of amides is 1. The van der Waals surface area contributed by atoms with E-state index in [2.05, 4.69) is 17.2 Å². The summed E-state index contributed by atoms with van der Waals surface area (Å²) in [5.74, 6) is 0.244. The number of aliphatic hydroxyl groups excluding tert-OH is 1. The zero-order valence-corrected chi connectivity index (χ0v) is 12.7. The lowest BCUT2D eigenvalue weighted by Crippen LogP contribution is -2.53. The molecule has 0 spiro atoms. The van der Waals surface area contributed by atoms with Crippen molar-refractivity contribution in [2.45, 2.75) is 45.1 Å². The second-order valence-electron chi connectivity index (χ2n) is 5.90. The van der Waals surface area contributed by atoms with E-state index < -0.39 is 5.54 Å². The number of aryl methyl sites for hydroxylation is 1. The van der Waals surface area contributed by atoms with Gasteiger partial charge in [0.1, 0.15) is 0 Å². The highest BCUT2D eigenvalue weighted by Gasteiger charge is 2.36. The van der Waals surface area contributed by atoms with Crippen LogP contribution >= 0.6 is 11.6 Å². The van der Waals surface area contributed by atoms with Gasteiger partial charge in [-0.2, -0.15) is 0 Å². The number of aromatic nitrogens is 1. The summed E-state index contributed by atoms with van der Waals surface area (Å²) in [6.07, 6.45) is 5.25. The van der Waals surface area contributed by atoms with Crippen LogP contribution in [0.2, 0.25) is 5.02 Å². The number of aliphatic hydroxyl groups is 1. The summed E-state index contributed by atoms with van der Waals surface area (Å²) in [6, 6.07) is 1.67. The van der Waals surface area contributed by atoms with Crippen molar-refractivity contribution >= 4 is 17.5 Å². The zero-order chi connectivity index (χ0) is 14.8. The lowest BCUT2D eigenvalue weighted by molar-refractivity contribution is 0.0697. The monoisotopic (exact) mass is 296 g/mol. The Kier molecular flexibility index (Phi) is 4.66. The third kappa shape index (κ3) is 3.30. The molecule has 0 saturated heterocycles. The summed E-state index contributed by atoms with van der Waals surface area (Å²) in [5.41, 5.74) is 0.612. The minimum absolute atomic E-state index is 0.0417. The van der Waals surface area contributed by atoms with Gasteiger partial charge >= 0.3 is 0 Å². The normalized spacial score (nSPS) is 26.3. The fourth-order valence-electron chi connectivity index (χ4n) is 2.96. The fourth-order valence-corrected chi connectivity index (χ4v) is 3.25. The van der Waals surface area contributed by atoms with Crippen molar-refractivity contribution in [3.63, 3.8) is 0 Å². The second-order valence-corrected chi connectivity index (χ2v) is 6.31. The molecule has 1 aromatic heterocycles. The first-order valence-electron chi connectivity index (χ1n) is 7.01. The maximum atomic E-state index is 12.4. The zero-order valence-electron chi connectivity index (χ0n) is 11.9. The molecule has 4 nitrogen and oxygen atoms in total. The molecule has 5 heteroatoms. The molecule has 0 bridgehead atoms. The Hall–Kier alpha value is -1.13. The minimum atomic E-state index is -0.525. The largest absolute Gasteiger partial charge is 0.394 e. The molecule has 0 aliphatic heterocycles. The molecular weight excluding hydrogens is 276 g/mol. The molecule has 20 heavy (non-hydrogen) atoms. The maximum Gasteiger partial charge on any atom is 0.254 e. The molecule has 1 amide bonds. The van der Waals surface area contributed by atoms with E-state index in [4.69, 9.17) is 11.6 Å². The molecule has 2 N–H and O–H groups in total. The lowest BCUT2D eigenvalue weighted by Gasteiger charge is -2.39. The van der Waals surface area contributed by atoms with Gasteiger partial charge in [0.15, 0.2) is 0 Å². The average Bonchev–Trinajstić information content (AvgIpc) is 2.38. The number of nitrogens with one attached hydrogen (secondary N) is 1. The van der Waals surface area contributed by atoms with Gasteiger partial charge in [0.25, 0.3) is 5.91 Å². The second kappa shape index (κ2) is 6.10. The van der Waals surface area contributed by atoms with Gasteiger partial charge in [-0.1, -0.05) is 31.4 Å². The number of carbonyl (C=O) groups is 1. The predicted octanol–water partition coefficient (Wildman–Crippen LogP) is 2.71. The van der Waals surface area contributed by atoms with E-state index in [0.717, 1.165) is 31.4 Å². The number of carbonyl (C=O) groups excluding carboxylic acids is 1. The highest BCUT2D eigenvalue weighted by Crippen LogP contribution is 2.32. The number of hydrogen-bond donors (Lipinski definition) is 2. The Morgan fingerprint density at radius 1 is 1.65 bits per heavy atom. The van der Waals surface area contributed by atoms with Gasteiger partial charge < -0.3 is 10.4 Å². The molecule has 2 atom stereocenters. The van der Waals surface area contributed by atoms with Gasteiger partial charge in [-0.05, 0) is 31.7 Å². The molecule has 1 heterocycles. The van der Waals surface area contributed by atoms with Crippen molar-refractivity contribution in [3.05, 3.63) is 28.5 Å². The number of rotatable bonds is 3. The van der Waals surface area contributed by atoms with Gasteiger partial charge in [-0.25, -0.2) is 0 Å². The highest BCUT2D eigenvalue weighted by atomic mass is 35.5. The Bertz CT molecular complexity index is 507. The maximum absolute atomic E-state index is 12.4. The van der Waals surface area contributed by atoms with E-state index in [1.165, 1.54) is 6.20 Å². The molecule has 0 aromatic carbocycles. The van der Waals surface area contributed by atoms with E-state index in [1.807, 2.05) is 6.92 Å². The van der Waals surface area contributed by atoms with Crippen molar-refractivity contribution in [3.8, 4) is 0 Å². The van der Waals surface area contributed by atoms with Crippen LogP contribution in [0.15, 0.2) is 12.3 Å². The smallest absolute Gasteiger partial charge is 0.254 e. The van der Waals surface area contributed by atoms with Crippen LogP contribution in [0, 0.1) is 12.8 Å². The number of halogens is 1. The molecular formula is C15H21ClN2O2. The summed E-state index contributed by atoms with van der Waals surface area (Å²) >= 11 is 6.10. The number of nitrogens with zero attached hydrogens (tertiary/aromatic N) is 1. The van der Waals surface area contributed by atoms with Crippen LogP contribution in [0.1, 0.15) is 48.7 Å². The van der Waals surface area contributed by atoms with Crippen molar-refractivity contribution in [1.29, 1.82) is 0 Å². The molecule has 110 valence electrons. The van der Waals surface area contributed by atoms with Crippen molar-refractivity contribution < 1.29 is 9.90 Å². The van der Waals surface area contributed by atoms with Crippen LogP contribution < -0.4 is 5.32 Å². The third-order valence-electron chi connectivity index (χ3n) is 4.01. The van der Waals surface area contributed by atoms with Crippen molar-refractivity contribution in [2.75, 3.05) is 6.61 Å². The molecule has 1 saturated carbocycles. The predicted molar refractivity (Wildman–Crippen MR) is 78.9 cm³/mol. The van der Waals surface area contributed by atoms with Crippen LogP contribution in [0.25, 0.3) is 0 Å². The Balaban J connectivity index is 2.16. The molecule has 0 radical (unpaired) electrons. The quantitative estimate of drug-likeness (QED) is 0.901. The summed E-state index contributed by atoms with van der Waals surface area (Å²) in [7, 11) is 0. The summed E-state index contributed by atoms with van der Waals surface area (Å²) < 4.78 is 0. The first kappa shape index (κ1) is 15.3. The SMILES string of the molecule is Cc1cc(Cl)c(C(=O)NC2(CO)CCCC(C)C2)cn1. The van der Waals surface area contributed by atoms with Gasteiger partial charge in [0.05, 0.1) is 22.7 Å². The molecule has 1 aliphatic carbocycles. The van der Waals surface area contributed by atoms with Gasteiger partial charge in [0, 0.05) is 11.9 Å². The van der Waals surface area contributed by atoms with E-state index in [9.17, 15) is 9.90 Å². The number of pyridine rings is 1. The molecule has 1 aromatic rings. The average molecular weight is 297 g/mol. The van der Waals surface area contributed by atoms with Crippen LogP contribution in [0.4, 0.5) is 0 Å². The van der Waals surface area contributed by atoms with Gasteiger partial charge in [0.2, 0.25) is 0 Å². The van der Waals surface area contributed by atoms with Crippen LogP contribution in [0.3, 0.4) is 0 Å². The van der Waals surface area contributed by atoms with Crippen LogP contribution in [-0.2, 0) is 0 Å². The molecule has 2 rings (SSSR count). The van der Waals surface area contributed by atoms with E-state index >= 15 is 0 Å². The lowest BCUT2D eigenvalue weighted by atomic mass is 9.76. The van der Waals surface area contributed by atoms with Crippen molar-refractivity contribution in [1.82, 2.24) is 10.3 Å². The van der Waals surface area contributed by atoms with Gasteiger partial charge in [-0.15, -0.1) is 0 Å². The summed E-state index contributed by atoms with van der Waals surface area (Å²) in [4.78, 5) is 16.5. The molecule has 1 fully saturated rings. The van der Waals surface area contributed by atoms with E-state index in [0.29, 0.717) is 16.5 Å². The van der Waals surface area contributed by atoms with Crippen LogP contribution in [0.5, 0.6) is 0 Å². The van der Waals surface area contributed by atoms with E-state index in [-0.39, 0.29) is 12.5 Å². The van der Waals surface area contributed by atoms with Crippen LogP contribution in [-0.4, -0.2) is 28.1 Å². The third-order valence-corrected chi connectivity index (χ3v) is 4.32. The van der Waals surface area contributed by atoms with Crippen molar-refractivity contribution in [2.24, 2.45) is 5.92 Å². The highest BCUT2D eigenvalue weighted by molar-refractivity contribution is 6.33. The number of hydrogen-bond acceptors (Lipinski definition) is 3. The Morgan fingerprint density at radius 3 is 3.00 bits per heavy atom. The van der Waals surface area contributed by atoms with Gasteiger partial charge in [-0.3, -0.25) is 9.78 Å². The Morgan fingerprint density at radius 2 is 2.40 bits per heavy atom. The molecule has 1 aliphatic rings. The van der Waals surface area contributed by atoms with E-state index in [1.54, 1.807) is 6.07 Å². The summed E-state index contributed by atoms with van der Waals surface area (Å²) in [6.45, 7) is 3.93. The molecule has 2 unspecified atom stereocenters. The standard InChI is InChI=1S/C15H21ClN2O2/c1-10-4-3-5-15(7-10,9-19)18-14(20)12-8-17-11(2)6-13(12)16/h6,8,10,19H,3-5,7,9H2,1-2H3,(H,18,20). The first-order valence-corrected chi connectivity index (χ1v) is 7.39. The minimum Gasteiger partial charge on any atom is -0.394 e. The first-order chi connectivity index (χ1) is 9.46. The summed E-state index contributed by atoms with van der Waals surface area (Å²) in [5, 5.41) is 13.1. The Labute approximate surface area is 124 Å². The fraction of sp³-hybridized carbons (Fsp3) is 0.600. The topological polar surface area (TPSA) is 62.2 Å².